The van der Waals surface area contributed by atoms with Crippen molar-refractivity contribution in [1.82, 2.24) is 19.8 Å². The molecule has 1 amide bonds. The van der Waals surface area contributed by atoms with Gasteiger partial charge in [0.15, 0.2) is 0 Å². The molecular formula is C17H24N4O2. The lowest BCUT2D eigenvalue weighted by Crippen LogP contribution is -2.32. The maximum atomic E-state index is 12.4. The molecule has 6 heteroatoms. The normalized spacial score (nSPS) is 15.4. The number of carbonyl (C=O) groups is 1. The third-order valence-electron chi connectivity index (χ3n) is 4.70. The fourth-order valence-electron chi connectivity index (χ4n) is 3.39. The van der Waals surface area contributed by atoms with Gasteiger partial charge in [0.25, 0.3) is 5.91 Å². The van der Waals surface area contributed by atoms with E-state index in [9.17, 15) is 9.59 Å². The largest absolute Gasteiger partial charge is 0.340 e. The van der Waals surface area contributed by atoms with E-state index in [1.807, 2.05) is 23.7 Å². The molecule has 1 fully saturated rings. The summed E-state index contributed by atoms with van der Waals surface area (Å²) in [6.07, 6.45) is 4.47. The molecule has 0 radical (unpaired) electrons. The predicted octanol–water partition coefficient (Wildman–Crippen LogP) is 1.74. The third-order valence-corrected chi connectivity index (χ3v) is 4.70. The number of nitrogens with one attached hydrogen (secondary N) is 2. The first kappa shape index (κ1) is 15.8. The van der Waals surface area contributed by atoms with E-state index in [4.69, 9.17) is 0 Å². The van der Waals surface area contributed by atoms with Crippen molar-refractivity contribution < 1.29 is 4.79 Å². The van der Waals surface area contributed by atoms with Gasteiger partial charge in [-0.15, -0.1) is 0 Å². The molecule has 6 nitrogen and oxygen atoms in total. The second-order valence-corrected chi connectivity index (χ2v) is 6.30. The van der Waals surface area contributed by atoms with Crippen molar-refractivity contribution in [2.75, 3.05) is 27.2 Å². The van der Waals surface area contributed by atoms with Crippen LogP contribution in [0.15, 0.2) is 23.0 Å². The van der Waals surface area contributed by atoms with Crippen LogP contribution in [0.3, 0.4) is 0 Å². The van der Waals surface area contributed by atoms with Crippen LogP contribution in [0.2, 0.25) is 0 Å². The number of imidazole rings is 1. The van der Waals surface area contributed by atoms with Gasteiger partial charge in [-0.05, 0) is 38.1 Å². The number of aromatic amines is 1. The van der Waals surface area contributed by atoms with Crippen LogP contribution < -0.4 is 11.0 Å². The van der Waals surface area contributed by atoms with Crippen molar-refractivity contribution in [3.05, 3.63) is 34.2 Å². The molecule has 1 aromatic carbocycles. The molecule has 1 aliphatic rings. The average Bonchev–Trinajstić information content (AvgIpc) is 3.17. The van der Waals surface area contributed by atoms with E-state index in [1.165, 1.54) is 12.8 Å². The zero-order valence-corrected chi connectivity index (χ0v) is 13.8. The number of aromatic nitrogens is 2. The minimum atomic E-state index is -0.0694. The highest BCUT2D eigenvalue weighted by Gasteiger charge is 2.22. The lowest BCUT2D eigenvalue weighted by molar-refractivity contribution is 0.0797. The molecular weight excluding hydrogens is 292 g/mol. The molecule has 0 saturated heterocycles. The highest BCUT2D eigenvalue weighted by Crippen LogP contribution is 2.30. The minimum absolute atomic E-state index is 0.0309. The summed E-state index contributed by atoms with van der Waals surface area (Å²) >= 11 is 0. The summed E-state index contributed by atoms with van der Waals surface area (Å²) in [4.78, 5) is 29.3. The monoisotopic (exact) mass is 316 g/mol. The van der Waals surface area contributed by atoms with Crippen LogP contribution in [0.25, 0.3) is 11.0 Å². The number of nitrogens with zero attached hydrogens (tertiary/aromatic N) is 2. The summed E-state index contributed by atoms with van der Waals surface area (Å²) in [6, 6.07) is 5.79. The van der Waals surface area contributed by atoms with Gasteiger partial charge >= 0.3 is 5.69 Å². The number of hydrogen-bond donors (Lipinski definition) is 2. The molecule has 23 heavy (non-hydrogen) atoms. The van der Waals surface area contributed by atoms with Gasteiger partial charge in [-0.2, -0.15) is 0 Å². The SMILES string of the molecule is CNCCN(C)C(=O)c1ccc2c(c1)[nH]c(=O)n2C1CCCC1. The molecule has 0 unspecified atom stereocenters. The number of likely N-dealkylation sites (N-methyl/N-ethyl adjacent to an activating group) is 2. The average molecular weight is 316 g/mol. The number of fused-ring (bicyclic) bond motifs is 1. The Labute approximate surface area is 135 Å². The van der Waals surface area contributed by atoms with Gasteiger partial charge in [0.2, 0.25) is 0 Å². The van der Waals surface area contributed by atoms with Crippen LogP contribution in [-0.4, -0.2) is 47.5 Å². The maximum absolute atomic E-state index is 12.4. The number of benzene rings is 1. The van der Waals surface area contributed by atoms with Crippen molar-refractivity contribution >= 4 is 16.9 Å². The van der Waals surface area contributed by atoms with E-state index in [1.54, 1.807) is 18.0 Å². The molecule has 0 aliphatic heterocycles. The van der Waals surface area contributed by atoms with E-state index in [0.29, 0.717) is 12.1 Å². The summed E-state index contributed by atoms with van der Waals surface area (Å²) < 4.78 is 1.86. The fourth-order valence-corrected chi connectivity index (χ4v) is 3.39. The Morgan fingerprint density at radius 2 is 2.13 bits per heavy atom. The van der Waals surface area contributed by atoms with Crippen LogP contribution in [0.4, 0.5) is 0 Å². The van der Waals surface area contributed by atoms with Gasteiger partial charge in [-0.1, -0.05) is 12.8 Å². The van der Waals surface area contributed by atoms with Crippen molar-refractivity contribution in [2.45, 2.75) is 31.7 Å². The zero-order valence-electron chi connectivity index (χ0n) is 13.8. The van der Waals surface area contributed by atoms with Crippen LogP contribution in [0, 0.1) is 0 Å². The first-order valence-electron chi connectivity index (χ1n) is 8.26. The molecule has 2 N–H and O–H groups in total. The van der Waals surface area contributed by atoms with Gasteiger partial charge in [0, 0.05) is 31.7 Å². The topological polar surface area (TPSA) is 70.1 Å². The predicted molar refractivity (Wildman–Crippen MR) is 91.0 cm³/mol. The quantitative estimate of drug-likeness (QED) is 0.882. The number of amides is 1. The molecule has 124 valence electrons. The van der Waals surface area contributed by atoms with Gasteiger partial charge in [0.05, 0.1) is 11.0 Å². The smallest absolute Gasteiger partial charge is 0.326 e. The second-order valence-electron chi connectivity index (χ2n) is 6.30. The van der Waals surface area contributed by atoms with Gasteiger partial charge in [-0.3, -0.25) is 9.36 Å². The molecule has 0 spiro atoms. The molecule has 1 aliphatic carbocycles. The van der Waals surface area contributed by atoms with Gasteiger partial charge in [-0.25, -0.2) is 4.79 Å². The third kappa shape index (κ3) is 3.03. The molecule has 0 atom stereocenters. The van der Waals surface area contributed by atoms with Crippen LogP contribution in [0.1, 0.15) is 42.1 Å². The van der Waals surface area contributed by atoms with Crippen LogP contribution in [0.5, 0.6) is 0 Å². The molecule has 0 bridgehead atoms. The first-order valence-corrected chi connectivity index (χ1v) is 8.26. The Morgan fingerprint density at radius 1 is 1.39 bits per heavy atom. The Hall–Kier alpha value is -2.08. The van der Waals surface area contributed by atoms with E-state index in [0.717, 1.165) is 30.4 Å². The Morgan fingerprint density at radius 3 is 2.83 bits per heavy atom. The minimum Gasteiger partial charge on any atom is -0.340 e. The first-order chi connectivity index (χ1) is 11.1. The van der Waals surface area contributed by atoms with Crippen molar-refractivity contribution in [1.29, 1.82) is 0 Å². The Balaban J connectivity index is 1.91. The highest BCUT2D eigenvalue weighted by atomic mass is 16.2. The number of hydrogen-bond acceptors (Lipinski definition) is 3. The molecule has 1 saturated carbocycles. The van der Waals surface area contributed by atoms with Crippen LogP contribution >= 0.6 is 0 Å². The van der Waals surface area contributed by atoms with Crippen molar-refractivity contribution in [2.24, 2.45) is 0 Å². The highest BCUT2D eigenvalue weighted by molar-refractivity contribution is 5.97. The second kappa shape index (κ2) is 6.58. The zero-order chi connectivity index (χ0) is 16.4. The number of carbonyl (C=O) groups excluding carboxylic acids is 1. The van der Waals surface area contributed by atoms with Crippen LogP contribution in [-0.2, 0) is 0 Å². The number of H-pyrrole nitrogens is 1. The molecule has 3 rings (SSSR count). The summed E-state index contributed by atoms with van der Waals surface area (Å²) in [7, 11) is 3.65. The van der Waals surface area contributed by atoms with E-state index >= 15 is 0 Å². The Kier molecular flexibility index (Phi) is 4.52. The molecule has 2 aromatic rings. The van der Waals surface area contributed by atoms with Crippen molar-refractivity contribution in [3.8, 4) is 0 Å². The standard InChI is InChI=1S/C17H24N4O2/c1-18-9-10-20(2)16(22)12-7-8-15-14(11-12)19-17(23)21(15)13-5-3-4-6-13/h7-8,11,13,18H,3-6,9-10H2,1-2H3,(H,19,23). The maximum Gasteiger partial charge on any atom is 0.326 e. The fraction of sp³-hybridized carbons (Fsp3) is 0.529. The summed E-state index contributed by atoms with van der Waals surface area (Å²) in [5.74, 6) is -0.0309. The van der Waals surface area contributed by atoms with E-state index in [-0.39, 0.29) is 17.6 Å². The van der Waals surface area contributed by atoms with E-state index in [2.05, 4.69) is 10.3 Å². The molecule has 1 heterocycles. The van der Waals surface area contributed by atoms with Crippen molar-refractivity contribution in [3.63, 3.8) is 0 Å². The number of rotatable bonds is 5. The van der Waals surface area contributed by atoms with Gasteiger partial charge in [0.1, 0.15) is 0 Å². The summed E-state index contributed by atoms with van der Waals surface area (Å²) in [5.41, 5.74) is 2.18. The van der Waals surface area contributed by atoms with E-state index < -0.39 is 0 Å². The summed E-state index contributed by atoms with van der Waals surface area (Å²) in [5, 5.41) is 3.03. The lowest BCUT2D eigenvalue weighted by Gasteiger charge is -2.17. The Bertz CT molecular complexity index is 756. The lowest BCUT2D eigenvalue weighted by atomic mass is 10.1. The molecule has 1 aromatic heterocycles. The van der Waals surface area contributed by atoms with Gasteiger partial charge < -0.3 is 15.2 Å². The summed E-state index contributed by atoms with van der Waals surface area (Å²) in [6.45, 7) is 1.40.